The van der Waals surface area contributed by atoms with Gasteiger partial charge < -0.3 is 19.7 Å². The monoisotopic (exact) mass is 782 g/mol. The molecule has 3 aliphatic carbocycles. The highest BCUT2D eigenvalue weighted by molar-refractivity contribution is 5.96. The van der Waals surface area contributed by atoms with E-state index < -0.39 is 23.9 Å². The number of fused-ring (bicyclic) bond motifs is 2. The average molecular weight is 783 g/mol. The molecule has 0 heterocycles. The Morgan fingerprint density at radius 3 is 1.74 bits per heavy atom. The van der Waals surface area contributed by atoms with Crippen LogP contribution >= 0.6 is 0 Å². The Labute approximate surface area is 339 Å². The molecule has 9 heteroatoms. The van der Waals surface area contributed by atoms with Crippen molar-refractivity contribution in [3.05, 3.63) is 126 Å². The first-order valence-corrected chi connectivity index (χ1v) is 19.4. The van der Waals surface area contributed by atoms with Crippen LogP contribution < -0.4 is 0 Å². The van der Waals surface area contributed by atoms with Crippen LogP contribution in [0.5, 0.6) is 0 Å². The number of carbonyl (C=O) groups is 5. The topological polar surface area (TPSA) is 144 Å². The Balaban J connectivity index is 0.000000274. The van der Waals surface area contributed by atoms with Gasteiger partial charge in [0, 0.05) is 34.3 Å². The van der Waals surface area contributed by atoms with Crippen molar-refractivity contribution in [2.24, 2.45) is 27.6 Å². The lowest BCUT2D eigenvalue weighted by Crippen LogP contribution is -2.42. The molecule has 0 saturated heterocycles. The summed E-state index contributed by atoms with van der Waals surface area (Å²) in [6.07, 6.45) is 12.5. The maximum Gasteiger partial charge on any atom is 0.338 e. The first kappa shape index (κ1) is 47.8. The number of hydrogen-bond donors (Lipinski definition) is 2. The Morgan fingerprint density at radius 1 is 0.772 bits per heavy atom. The lowest BCUT2D eigenvalue weighted by Gasteiger charge is -2.47. The molecule has 3 fully saturated rings. The summed E-state index contributed by atoms with van der Waals surface area (Å²) < 4.78 is 9.31. The summed E-state index contributed by atoms with van der Waals surface area (Å²) in [5.74, 6) is -2.82. The number of benzene rings is 2. The van der Waals surface area contributed by atoms with Crippen LogP contribution in [-0.2, 0) is 40.1 Å². The zero-order chi connectivity index (χ0) is 43.2. The quantitative estimate of drug-likeness (QED) is 0.137. The van der Waals surface area contributed by atoms with Crippen molar-refractivity contribution >= 4 is 35.9 Å². The number of carboxylic acid groups (broad SMARTS) is 2. The molecule has 3 saturated carbocycles. The highest BCUT2D eigenvalue weighted by atomic mass is 16.6. The molecule has 2 N–H and O–H groups in total. The Hall–Kier alpha value is -5.31. The van der Waals surface area contributed by atoms with Crippen LogP contribution in [0.2, 0.25) is 0 Å². The van der Waals surface area contributed by atoms with Crippen LogP contribution in [0.3, 0.4) is 0 Å². The molecule has 3 aliphatic rings. The number of ether oxygens (including phenoxy) is 2. The van der Waals surface area contributed by atoms with E-state index in [0.29, 0.717) is 29.2 Å². The Kier molecular flexibility index (Phi) is 17.4. The van der Waals surface area contributed by atoms with Crippen molar-refractivity contribution in [3.63, 3.8) is 0 Å². The number of aliphatic carboxylic acids is 2. The van der Waals surface area contributed by atoms with Crippen LogP contribution in [0, 0.1) is 34.5 Å². The highest BCUT2D eigenvalue weighted by Gasteiger charge is 2.68. The Bertz CT molecular complexity index is 1810. The van der Waals surface area contributed by atoms with Crippen LogP contribution in [0.15, 0.2) is 110 Å². The van der Waals surface area contributed by atoms with Gasteiger partial charge in [-0.2, -0.15) is 0 Å². The highest BCUT2D eigenvalue weighted by Crippen LogP contribution is 2.74. The summed E-state index contributed by atoms with van der Waals surface area (Å²) in [5.41, 5.74) is 4.55. The predicted molar refractivity (Wildman–Crippen MR) is 225 cm³/mol. The SMILES string of the molecule is C=C(C(=O)O)C1(C)CCCCC1.C=C(C(=O)O)C1(C)C[C@H]2CC[C@@]1(C)C2(C)C.C=CC(=O)OC(=O)C=C.CC(=Cc1ccc(C)cc1)C(=O)OCc1ccccc1. The van der Waals surface area contributed by atoms with E-state index in [2.05, 4.69) is 58.7 Å². The molecule has 5 rings (SSSR count). The second kappa shape index (κ2) is 20.7. The molecular formula is C48H62O9. The predicted octanol–water partition coefficient (Wildman–Crippen LogP) is 10.6. The van der Waals surface area contributed by atoms with Gasteiger partial charge in [-0.05, 0) is 85.3 Å². The molecule has 9 nitrogen and oxygen atoms in total. The van der Waals surface area contributed by atoms with Gasteiger partial charge in [0.2, 0.25) is 0 Å². The number of carboxylic acids is 2. The van der Waals surface area contributed by atoms with E-state index in [-0.39, 0.29) is 27.6 Å². The van der Waals surface area contributed by atoms with Gasteiger partial charge in [0.05, 0.1) is 0 Å². The minimum atomic E-state index is -0.834. The van der Waals surface area contributed by atoms with Crippen LogP contribution in [0.25, 0.3) is 6.08 Å². The zero-order valence-electron chi connectivity index (χ0n) is 35.0. The van der Waals surface area contributed by atoms with E-state index in [1.165, 1.54) is 18.4 Å². The van der Waals surface area contributed by atoms with E-state index in [4.69, 9.17) is 9.84 Å². The van der Waals surface area contributed by atoms with Crippen molar-refractivity contribution in [3.8, 4) is 0 Å². The molecule has 0 aromatic heterocycles. The van der Waals surface area contributed by atoms with E-state index in [1.54, 1.807) is 6.92 Å². The number of carbonyl (C=O) groups excluding carboxylic acids is 3. The van der Waals surface area contributed by atoms with E-state index in [0.717, 1.165) is 61.8 Å². The molecule has 2 aromatic rings. The van der Waals surface area contributed by atoms with Crippen LogP contribution in [-0.4, -0.2) is 40.1 Å². The molecule has 1 unspecified atom stereocenters. The van der Waals surface area contributed by atoms with Crippen molar-refractivity contribution in [1.29, 1.82) is 0 Å². The lowest BCUT2D eigenvalue weighted by atomic mass is 9.57. The standard InChI is InChI=1S/C18H18O2.C14H22O2.C10H16O2.C6H6O3/c1-14-8-10-16(11-9-14)12-15(2)18(19)20-13-17-6-4-3-5-7-17;1-9(11(15)16)13(4)8-10-6-7-14(13,5)12(10,2)3;1-8(9(11)12)10(2)6-4-3-5-7-10;1-3-5(7)9-6(8)4-2/h3-12H,13H2,1-2H3;10H,1,6-8H2,2-5H3,(H,15,16);1,3-7H2,2H3,(H,11,12);3-4H,1-2H2/t;10-,13?,14+;;/m.1../s1. The minimum Gasteiger partial charge on any atom is -0.478 e. The number of aryl methyl sites for hydroxylation is 1. The smallest absolute Gasteiger partial charge is 0.338 e. The average Bonchev–Trinajstić information content (AvgIpc) is 3.50. The molecule has 0 amide bonds. The van der Waals surface area contributed by atoms with Gasteiger partial charge in [-0.3, -0.25) is 0 Å². The normalized spacial score (nSPS) is 22.2. The van der Waals surface area contributed by atoms with Gasteiger partial charge in [0.15, 0.2) is 0 Å². The van der Waals surface area contributed by atoms with Gasteiger partial charge in [0.25, 0.3) is 0 Å². The third-order valence-corrected chi connectivity index (χ3v) is 12.7. The van der Waals surface area contributed by atoms with Gasteiger partial charge in [-0.15, -0.1) is 0 Å². The van der Waals surface area contributed by atoms with Gasteiger partial charge in [-0.1, -0.05) is 140 Å². The molecule has 308 valence electrons. The second-order valence-corrected chi connectivity index (χ2v) is 16.5. The lowest BCUT2D eigenvalue weighted by molar-refractivity contribution is -0.152. The minimum absolute atomic E-state index is 0.0835. The van der Waals surface area contributed by atoms with Crippen LogP contribution in [0.1, 0.15) is 110 Å². The Morgan fingerprint density at radius 2 is 1.30 bits per heavy atom. The first-order valence-electron chi connectivity index (χ1n) is 19.4. The summed E-state index contributed by atoms with van der Waals surface area (Å²) in [6, 6.07) is 17.7. The third kappa shape index (κ3) is 12.3. The fraction of sp³-hybridized carbons (Fsp3) is 0.438. The fourth-order valence-corrected chi connectivity index (χ4v) is 8.23. The van der Waals surface area contributed by atoms with Crippen molar-refractivity contribution in [2.45, 2.75) is 106 Å². The summed E-state index contributed by atoms with van der Waals surface area (Å²) in [7, 11) is 0. The molecule has 0 spiro atoms. The molecule has 0 aliphatic heterocycles. The van der Waals surface area contributed by atoms with Gasteiger partial charge in [-0.25, -0.2) is 24.0 Å². The maximum atomic E-state index is 11.9. The summed E-state index contributed by atoms with van der Waals surface area (Å²) in [4.78, 5) is 54.2. The van der Waals surface area contributed by atoms with E-state index in [1.807, 2.05) is 74.5 Å². The maximum absolute atomic E-state index is 11.9. The number of rotatable bonds is 10. The molecule has 2 aromatic carbocycles. The zero-order valence-corrected chi connectivity index (χ0v) is 35.0. The molecule has 57 heavy (non-hydrogen) atoms. The largest absolute Gasteiger partial charge is 0.478 e. The first-order chi connectivity index (χ1) is 26.6. The number of esters is 3. The molecule has 0 radical (unpaired) electrons. The van der Waals surface area contributed by atoms with E-state index >= 15 is 0 Å². The van der Waals surface area contributed by atoms with Gasteiger partial charge in [0.1, 0.15) is 6.61 Å². The van der Waals surface area contributed by atoms with Gasteiger partial charge >= 0.3 is 29.8 Å². The van der Waals surface area contributed by atoms with Crippen molar-refractivity contribution in [1.82, 2.24) is 0 Å². The number of hydrogen-bond acceptors (Lipinski definition) is 7. The molecule has 3 atom stereocenters. The fourth-order valence-electron chi connectivity index (χ4n) is 8.23. The summed E-state index contributed by atoms with van der Waals surface area (Å²) in [5, 5.41) is 18.0. The third-order valence-electron chi connectivity index (χ3n) is 12.7. The summed E-state index contributed by atoms with van der Waals surface area (Å²) >= 11 is 0. The van der Waals surface area contributed by atoms with Crippen LogP contribution in [0.4, 0.5) is 0 Å². The molecular weight excluding hydrogens is 721 g/mol. The van der Waals surface area contributed by atoms with Crippen molar-refractivity contribution < 1.29 is 43.7 Å². The summed E-state index contributed by atoms with van der Waals surface area (Å²) in [6.45, 7) is 28.7. The second-order valence-electron chi connectivity index (χ2n) is 16.5. The van der Waals surface area contributed by atoms with E-state index in [9.17, 15) is 29.1 Å². The van der Waals surface area contributed by atoms with Crippen molar-refractivity contribution in [2.75, 3.05) is 0 Å². The molecule has 2 bridgehead atoms.